The third-order valence-corrected chi connectivity index (χ3v) is 2.26. The van der Waals surface area contributed by atoms with Crippen molar-refractivity contribution in [3.63, 3.8) is 0 Å². The summed E-state index contributed by atoms with van der Waals surface area (Å²) in [5, 5.41) is 11.8. The Labute approximate surface area is 85.0 Å². The molecule has 1 atom stereocenters. The van der Waals surface area contributed by atoms with Crippen LogP contribution in [0.3, 0.4) is 0 Å². The summed E-state index contributed by atoms with van der Waals surface area (Å²) in [6.45, 7) is 4.13. The van der Waals surface area contributed by atoms with Crippen molar-refractivity contribution in [2.75, 3.05) is 20.8 Å². The average Bonchev–Trinajstić information content (AvgIpc) is 2.14. The van der Waals surface area contributed by atoms with Gasteiger partial charge in [-0.15, -0.1) is 0 Å². The number of carbonyl (C=O) groups is 1. The molecule has 0 saturated carbocycles. The summed E-state index contributed by atoms with van der Waals surface area (Å²) in [4.78, 5) is 10.5. The second-order valence-electron chi connectivity index (χ2n) is 3.64. The minimum atomic E-state index is -0.874. The van der Waals surface area contributed by atoms with E-state index >= 15 is 0 Å². The summed E-state index contributed by atoms with van der Waals surface area (Å²) in [6.07, 6.45) is 2.34. The van der Waals surface area contributed by atoms with Crippen molar-refractivity contribution in [3.05, 3.63) is 11.6 Å². The Morgan fingerprint density at radius 1 is 1.64 bits per heavy atom. The molecule has 0 aromatic heterocycles. The molecule has 0 aliphatic rings. The molecule has 0 spiro atoms. The largest absolute Gasteiger partial charge is 0.478 e. The Kier molecular flexibility index (Phi) is 5.42. The fraction of sp³-hybridized carbons (Fsp3) is 0.700. The minimum absolute atomic E-state index is 0.203. The van der Waals surface area contributed by atoms with Crippen molar-refractivity contribution in [1.29, 1.82) is 0 Å². The molecule has 0 rings (SSSR count). The summed E-state index contributed by atoms with van der Waals surface area (Å²) in [6, 6.07) is 0. The molecule has 0 aromatic rings. The van der Waals surface area contributed by atoms with E-state index in [0.29, 0.717) is 18.6 Å². The Hall–Kier alpha value is -0.870. The molecule has 0 amide bonds. The average molecular weight is 201 g/mol. The molecule has 0 saturated heterocycles. The number of aliphatic carboxylic acids is 1. The number of rotatable bonds is 6. The molecule has 82 valence electrons. The second-order valence-corrected chi connectivity index (χ2v) is 3.64. The quantitative estimate of drug-likeness (QED) is 0.630. The van der Waals surface area contributed by atoms with Gasteiger partial charge in [0.15, 0.2) is 0 Å². The topological polar surface area (TPSA) is 58.6 Å². The number of ether oxygens (including phenoxy) is 1. The molecule has 0 heterocycles. The van der Waals surface area contributed by atoms with Gasteiger partial charge in [0.25, 0.3) is 0 Å². The van der Waals surface area contributed by atoms with Gasteiger partial charge in [-0.3, -0.25) is 0 Å². The predicted octanol–water partition coefficient (Wildman–Crippen LogP) is 1.03. The van der Waals surface area contributed by atoms with Crippen LogP contribution in [0, 0.1) is 0 Å². The summed E-state index contributed by atoms with van der Waals surface area (Å²) in [7, 11) is 3.46. The first kappa shape index (κ1) is 13.1. The van der Waals surface area contributed by atoms with Crippen molar-refractivity contribution in [1.82, 2.24) is 5.32 Å². The highest BCUT2D eigenvalue weighted by atomic mass is 16.5. The van der Waals surface area contributed by atoms with E-state index in [-0.39, 0.29) is 5.54 Å². The molecule has 0 fully saturated rings. The zero-order valence-corrected chi connectivity index (χ0v) is 9.26. The van der Waals surface area contributed by atoms with Crippen molar-refractivity contribution in [2.45, 2.75) is 25.8 Å². The molecule has 4 nitrogen and oxygen atoms in total. The lowest BCUT2D eigenvalue weighted by Crippen LogP contribution is -2.43. The van der Waals surface area contributed by atoms with Gasteiger partial charge in [-0.2, -0.15) is 0 Å². The normalized spacial score (nSPS) is 16.4. The van der Waals surface area contributed by atoms with Crippen molar-refractivity contribution < 1.29 is 14.6 Å². The molecule has 0 radical (unpaired) electrons. The summed E-state index contributed by atoms with van der Waals surface area (Å²) < 4.78 is 5.05. The highest BCUT2D eigenvalue weighted by Gasteiger charge is 2.20. The zero-order valence-electron chi connectivity index (χ0n) is 9.26. The van der Waals surface area contributed by atoms with Crippen LogP contribution in [-0.2, 0) is 9.53 Å². The number of methoxy groups -OCH3 is 1. The van der Waals surface area contributed by atoms with E-state index in [4.69, 9.17) is 9.84 Å². The standard InChI is InChI=1S/C10H19NO3/c1-8(9(12)13)5-6-10(2,11-3)7-14-4/h5,11H,6-7H2,1-4H3,(H,12,13)/b8-5+. The van der Waals surface area contributed by atoms with Crippen molar-refractivity contribution >= 4 is 5.97 Å². The molecule has 0 bridgehead atoms. The number of hydrogen-bond acceptors (Lipinski definition) is 3. The summed E-state index contributed by atoms with van der Waals surface area (Å²) in [5.41, 5.74) is 0.161. The monoisotopic (exact) mass is 201 g/mol. The fourth-order valence-electron chi connectivity index (χ4n) is 1.02. The van der Waals surface area contributed by atoms with Crippen LogP contribution in [0.15, 0.2) is 11.6 Å². The van der Waals surface area contributed by atoms with Gasteiger partial charge in [0.2, 0.25) is 0 Å². The van der Waals surface area contributed by atoms with Gasteiger partial charge in [-0.25, -0.2) is 4.79 Å². The fourth-order valence-corrected chi connectivity index (χ4v) is 1.02. The molecular formula is C10H19NO3. The van der Waals surface area contributed by atoms with E-state index in [2.05, 4.69) is 5.32 Å². The Morgan fingerprint density at radius 2 is 2.21 bits per heavy atom. The second kappa shape index (κ2) is 5.78. The Bertz CT molecular complexity index is 225. The van der Waals surface area contributed by atoms with Gasteiger partial charge in [0.1, 0.15) is 0 Å². The Balaban J connectivity index is 4.32. The lowest BCUT2D eigenvalue weighted by molar-refractivity contribution is -0.132. The van der Waals surface area contributed by atoms with Crippen LogP contribution in [0.25, 0.3) is 0 Å². The summed E-state index contributed by atoms with van der Waals surface area (Å²) >= 11 is 0. The highest BCUT2D eigenvalue weighted by molar-refractivity contribution is 5.85. The SMILES string of the molecule is CNC(C)(C/C=C(\C)C(=O)O)COC. The molecule has 0 aromatic carbocycles. The molecule has 4 heteroatoms. The van der Waals surface area contributed by atoms with Crippen LogP contribution >= 0.6 is 0 Å². The van der Waals surface area contributed by atoms with E-state index in [1.807, 2.05) is 14.0 Å². The van der Waals surface area contributed by atoms with E-state index in [9.17, 15) is 4.79 Å². The van der Waals surface area contributed by atoms with Crippen molar-refractivity contribution in [3.8, 4) is 0 Å². The van der Waals surface area contributed by atoms with Gasteiger partial charge >= 0.3 is 5.97 Å². The minimum Gasteiger partial charge on any atom is -0.478 e. The first-order valence-corrected chi connectivity index (χ1v) is 4.53. The molecule has 2 N–H and O–H groups in total. The van der Waals surface area contributed by atoms with Crippen LogP contribution in [-0.4, -0.2) is 37.4 Å². The van der Waals surface area contributed by atoms with Gasteiger partial charge in [-0.05, 0) is 27.3 Å². The first-order valence-electron chi connectivity index (χ1n) is 4.53. The van der Waals surface area contributed by atoms with Gasteiger partial charge < -0.3 is 15.2 Å². The third kappa shape index (κ3) is 4.39. The van der Waals surface area contributed by atoms with Crippen LogP contribution in [0.2, 0.25) is 0 Å². The van der Waals surface area contributed by atoms with Crippen LogP contribution < -0.4 is 5.32 Å². The third-order valence-electron chi connectivity index (χ3n) is 2.26. The van der Waals surface area contributed by atoms with E-state index in [1.165, 1.54) is 0 Å². The van der Waals surface area contributed by atoms with Gasteiger partial charge in [0, 0.05) is 18.2 Å². The van der Waals surface area contributed by atoms with Gasteiger partial charge in [-0.1, -0.05) is 6.08 Å². The van der Waals surface area contributed by atoms with Crippen LogP contribution in [0.1, 0.15) is 20.3 Å². The number of nitrogens with one attached hydrogen (secondary N) is 1. The zero-order chi connectivity index (χ0) is 11.2. The van der Waals surface area contributed by atoms with E-state index in [1.54, 1.807) is 20.1 Å². The maximum atomic E-state index is 10.5. The number of carboxylic acids is 1. The highest BCUT2D eigenvalue weighted by Crippen LogP contribution is 2.11. The number of hydrogen-bond donors (Lipinski definition) is 2. The van der Waals surface area contributed by atoms with E-state index < -0.39 is 5.97 Å². The maximum absolute atomic E-state index is 10.5. The first-order chi connectivity index (χ1) is 6.45. The van der Waals surface area contributed by atoms with E-state index in [0.717, 1.165) is 0 Å². The predicted molar refractivity (Wildman–Crippen MR) is 55.4 cm³/mol. The number of carboxylic acid groups (broad SMARTS) is 1. The van der Waals surface area contributed by atoms with Gasteiger partial charge in [0.05, 0.1) is 6.61 Å². The maximum Gasteiger partial charge on any atom is 0.330 e. The number of likely N-dealkylation sites (N-methyl/N-ethyl adjacent to an activating group) is 1. The molecule has 14 heavy (non-hydrogen) atoms. The van der Waals surface area contributed by atoms with Crippen molar-refractivity contribution in [2.24, 2.45) is 0 Å². The molecular weight excluding hydrogens is 182 g/mol. The molecule has 1 unspecified atom stereocenters. The van der Waals surface area contributed by atoms with Crippen LogP contribution in [0.4, 0.5) is 0 Å². The lowest BCUT2D eigenvalue weighted by Gasteiger charge is -2.27. The Morgan fingerprint density at radius 3 is 2.57 bits per heavy atom. The molecule has 0 aliphatic carbocycles. The summed E-state index contributed by atoms with van der Waals surface area (Å²) in [5.74, 6) is -0.874. The van der Waals surface area contributed by atoms with Crippen LogP contribution in [0.5, 0.6) is 0 Å². The smallest absolute Gasteiger partial charge is 0.330 e. The molecule has 0 aliphatic heterocycles. The lowest BCUT2D eigenvalue weighted by atomic mass is 9.98.